The summed E-state index contributed by atoms with van der Waals surface area (Å²) in [5, 5.41) is 3.26. The predicted octanol–water partition coefficient (Wildman–Crippen LogP) is 5.35. The molecule has 3 aliphatic carbocycles. The molecule has 3 atom stereocenters. The quantitative estimate of drug-likeness (QED) is 0.615. The van der Waals surface area contributed by atoms with Gasteiger partial charge >= 0.3 is 0 Å². The Morgan fingerprint density at radius 1 is 1.10 bits per heavy atom. The maximum Gasteiger partial charge on any atom is 0.264 e. The van der Waals surface area contributed by atoms with Gasteiger partial charge in [-0.25, -0.2) is 0 Å². The van der Waals surface area contributed by atoms with E-state index in [0.717, 1.165) is 24.8 Å². The van der Waals surface area contributed by atoms with Crippen molar-refractivity contribution in [3.05, 3.63) is 77.4 Å². The van der Waals surface area contributed by atoms with Gasteiger partial charge in [0.15, 0.2) is 5.60 Å². The van der Waals surface area contributed by atoms with Crippen molar-refractivity contribution < 1.29 is 14.3 Å². The van der Waals surface area contributed by atoms with Crippen molar-refractivity contribution in [2.75, 3.05) is 0 Å². The summed E-state index contributed by atoms with van der Waals surface area (Å²) in [5.41, 5.74) is 2.47. The Morgan fingerprint density at radius 3 is 2.48 bits per heavy atom. The van der Waals surface area contributed by atoms with Crippen LogP contribution in [-0.2, 0) is 16.1 Å². The molecule has 1 fully saturated rings. The first-order chi connectivity index (χ1) is 14.8. The first-order valence-corrected chi connectivity index (χ1v) is 11.2. The fraction of sp³-hybridized carbons (Fsp3) is 0.444. The Morgan fingerprint density at radius 2 is 1.81 bits per heavy atom. The highest BCUT2D eigenvalue weighted by atomic mass is 16.5. The van der Waals surface area contributed by atoms with Gasteiger partial charge in [-0.2, -0.15) is 0 Å². The average molecular weight is 420 g/mol. The molecule has 0 spiro atoms. The molecule has 0 saturated heterocycles. The Labute approximate surface area is 185 Å². The Bertz CT molecular complexity index is 948. The zero-order chi connectivity index (χ0) is 22.1. The molecule has 0 heterocycles. The number of hydrogen-bond acceptors (Lipinski definition) is 3. The lowest BCUT2D eigenvalue weighted by molar-refractivity contribution is -0.137. The summed E-state index contributed by atoms with van der Waals surface area (Å²) in [5.74, 6) is 0.993. The van der Waals surface area contributed by atoms with Crippen molar-refractivity contribution in [1.29, 1.82) is 0 Å². The number of fused-ring (bicyclic) bond motifs is 3. The summed E-state index contributed by atoms with van der Waals surface area (Å²) in [6, 6.07) is 18.1. The Hall–Kier alpha value is -2.59. The Kier molecular flexibility index (Phi) is 5.94. The normalized spacial score (nSPS) is 25.1. The van der Waals surface area contributed by atoms with Crippen LogP contribution in [0, 0.1) is 12.8 Å². The van der Waals surface area contributed by atoms with Gasteiger partial charge in [0, 0.05) is 6.42 Å². The number of rotatable bonds is 7. The minimum absolute atomic E-state index is 0.0123. The van der Waals surface area contributed by atoms with Gasteiger partial charge in [-0.3, -0.25) is 4.79 Å². The highest BCUT2D eigenvalue weighted by molar-refractivity contribution is 5.85. The van der Waals surface area contributed by atoms with E-state index in [9.17, 15) is 4.79 Å². The van der Waals surface area contributed by atoms with Crippen molar-refractivity contribution in [2.24, 2.45) is 5.92 Å². The number of benzene rings is 2. The van der Waals surface area contributed by atoms with Crippen LogP contribution in [0.15, 0.2) is 66.2 Å². The average Bonchev–Trinajstić information content (AvgIpc) is 2.75. The fourth-order valence-electron chi connectivity index (χ4n) is 4.81. The summed E-state index contributed by atoms with van der Waals surface area (Å²) in [6.07, 6.45) is 5.00. The molecule has 3 aliphatic rings. The van der Waals surface area contributed by atoms with Crippen molar-refractivity contribution in [1.82, 2.24) is 5.32 Å². The van der Waals surface area contributed by atoms with Crippen LogP contribution >= 0.6 is 0 Å². The molecule has 5 rings (SSSR count). The molecule has 0 radical (unpaired) electrons. The number of nitrogens with one attached hydrogen (secondary N) is 1. The number of amides is 1. The molecule has 0 aromatic heterocycles. The summed E-state index contributed by atoms with van der Waals surface area (Å²) < 4.78 is 12.5. The molecular weight excluding hydrogens is 386 g/mol. The van der Waals surface area contributed by atoms with Gasteiger partial charge in [0.2, 0.25) is 0 Å². The van der Waals surface area contributed by atoms with Crippen LogP contribution < -0.4 is 10.1 Å². The SMILES string of the molecule is Cc1ccc(OC(C)(C)C(=O)NC2C[C@@]3(OCc4ccccc4)CC=C2[C@H](C)C3)cc1. The van der Waals surface area contributed by atoms with Crippen LogP contribution in [0.3, 0.4) is 0 Å². The van der Waals surface area contributed by atoms with Gasteiger partial charge in [0.05, 0.1) is 18.2 Å². The minimum Gasteiger partial charge on any atom is -0.478 e. The summed E-state index contributed by atoms with van der Waals surface area (Å²) in [6.45, 7) is 8.51. The third-order valence-corrected chi connectivity index (χ3v) is 6.57. The lowest BCUT2D eigenvalue weighted by atomic mass is 9.66. The van der Waals surface area contributed by atoms with Crippen LogP contribution in [0.2, 0.25) is 0 Å². The molecule has 2 bridgehead atoms. The molecule has 164 valence electrons. The summed E-state index contributed by atoms with van der Waals surface area (Å²) in [7, 11) is 0. The largest absolute Gasteiger partial charge is 0.478 e. The van der Waals surface area contributed by atoms with E-state index in [1.807, 2.05) is 63.2 Å². The highest BCUT2D eigenvalue weighted by Crippen LogP contribution is 2.46. The van der Waals surface area contributed by atoms with Crippen LogP contribution in [0.1, 0.15) is 51.2 Å². The third kappa shape index (κ3) is 4.85. The van der Waals surface area contributed by atoms with Crippen LogP contribution in [0.5, 0.6) is 5.75 Å². The highest BCUT2D eigenvalue weighted by Gasteiger charge is 2.47. The second-order valence-electron chi connectivity index (χ2n) is 9.63. The van der Waals surface area contributed by atoms with Crippen LogP contribution in [-0.4, -0.2) is 23.2 Å². The molecule has 2 aromatic carbocycles. The smallest absolute Gasteiger partial charge is 0.264 e. The van der Waals surface area contributed by atoms with Crippen molar-refractivity contribution in [2.45, 2.75) is 70.8 Å². The van der Waals surface area contributed by atoms with Crippen molar-refractivity contribution in [3.63, 3.8) is 0 Å². The molecular formula is C27H33NO3. The predicted molar refractivity (Wildman–Crippen MR) is 123 cm³/mol. The molecule has 1 N–H and O–H groups in total. The van der Waals surface area contributed by atoms with Crippen LogP contribution in [0.4, 0.5) is 0 Å². The number of carbonyl (C=O) groups is 1. The lowest BCUT2D eigenvalue weighted by Gasteiger charge is -2.49. The molecule has 31 heavy (non-hydrogen) atoms. The summed E-state index contributed by atoms with van der Waals surface area (Å²) in [4.78, 5) is 13.2. The first kappa shape index (κ1) is 21.6. The van der Waals surface area contributed by atoms with Gasteiger partial charge in [0.25, 0.3) is 5.91 Å². The van der Waals surface area contributed by atoms with E-state index in [2.05, 4.69) is 30.4 Å². The minimum atomic E-state index is -0.964. The molecule has 2 aromatic rings. The molecule has 4 heteroatoms. The molecule has 1 saturated carbocycles. The standard InChI is InChI=1S/C27H33NO3/c1-19-10-12-22(13-11-19)31-26(3,4)25(29)28-24-17-27(15-14-23(24)20(2)16-27)30-18-21-8-6-5-7-9-21/h5-14,20,24H,15-18H2,1-4H3,(H,28,29)/t20-,24?,27-/m1/s1. The van der Waals surface area contributed by atoms with E-state index in [4.69, 9.17) is 9.47 Å². The van der Waals surface area contributed by atoms with E-state index >= 15 is 0 Å². The number of hydrogen-bond donors (Lipinski definition) is 1. The van der Waals surface area contributed by atoms with E-state index in [0.29, 0.717) is 18.3 Å². The van der Waals surface area contributed by atoms with E-state index in [1.165, 1.54) is 11.1 Å². The topological polar surface area (TPSA) is 47.6 Å². The maximum absolute atomic E-state index is 13.2. The van der Waals surface area contributed by atoms with Crippen molar-refractivity contribution >= 4 is 5.91 Å². The van der Waals surface area contributed by atoms with Gasteiger partial charge in [-0.15, -0.1) is 0 Å². The summed E-state index contributed by atoms with van der Waals surface area (Å²) >= 11 is 0. The zero-order valence-corrected chi connectivity index (χ0v) is 19.0. The maximum atomic E-state index is 13.2. The number of aryl methyl sites for hydroxylation is 1. The van der Waals surface area contributed by atoms with Crippen molar-refractivity contribution in [3.8, 4) is 5.75 Å². The monoisotopic (exact) mass is 419 g/mol. The van der Waals surface area contributed by atoms with Crippen LogP contribution in [0.25, 0.3) is 0 Å². The molecule has 4 nitrogen and oxygen atoms in total. The molecule has 0 aliphatic heterocycles. The zero-order valence-electron chi connectivity index (χ0n) is 19.0. The Balaban J connectivity index is 1.43. The first-order valence-electron chi connectivity index (χ1n) is 11.2. The van der Waals surface area contributed by atoms with Gasteiger partial charge in [-0.05, 0) is 62.8 Å². The molecule has 1 amide bonds. The number of carbonyl (C=O) groups excluding carboxylic acids is 1. The number of ether oxygens (including phenoxy) is 2. The second-order valence-corrected chi connectivity index (χ2v) is 9.63. The van der Waals surface area contributed by atoms with Gasteiger partial charge in [0.1, 0.15) is 5.75 Å². The van der Waals surface area contributed by atoms with Gasteiger partial charge in [-0.1, -0.05) is 61.0 Å². The molecule has 1 unspecified atom stereocenters. The van der Waals surface area contributed by atoms with E-state index in [1.54, 1.807) is 0 Å². The van der Waals surface area contributed by atoms with Gasteiger partial charge < -0.3 is 14.8 Å². The lowest BCUT2D eigenvalue weighted by Crippen LogP contribution is -2.57. The van der Waals surface area contributed by atoms with E-state index in [-0.39, 0.29) is 17.6 Å². The third-order valence-electron chi connectivity index (χ3n) is 6.57. The fourth-order valence-corrected chi connectivity index (χ4v) is 4.81. The second kappa shape index (κ2) is 8.51. The van der Waals surface area contributed by atoms with E-state index < -0.39 is 5.60 Å².